The first kappa shape index (κ1) is 22.8. The van der Waals surface area contributed by atoms with Gasteiger partial charge in [-0.15, -0.1) is 0 Å². The maximum Gasteiger partial charge on any atom is 0.177 e. The molecule has 2 atom stereocenters. The zero-order chi connectivity index (χ0) is 21.3. The number of carbonyl (C=O) groups excluding carboxylic acids is 1. The van der Waals surface area contributed by atoms with Gasteiger partial charge in [0, 0.05) is 28.9 Å². The molecule has 8 heteroatoms. The fourth-order valence-corrected chi connectivity index (χ4v) is 4.49. The van der Waals surface area contributed by atoms with Crippen LogP contribution < -0.4 is 0 Å². The molecule has 3 rings (SSSR count). The Hall–Kier alpha value is -0.910. The Morgan fingerprint density at radius 1 is 1.28 bits per heavy atom. The van der Waals surface area contributed by atoms with Gasteiger partial charge in [0.25, 0.3) is 0 Å². The second-order valence-corrected chi connectivity index (χ2v) is 11.0. The number of benzene rings is 1. The van der Waals surface area contributed by atoms with Crippen molar-refractivity contribution in [2.24, 2.45) is 0 Å². The molecule has 0 fully saturated rings. The molecule has 0 aliphatic carbocycles. The first-order chi connectivity index (χ1) is 13.6. The number of pyridine rings is 1. The van der Waals surface area contributed by atoms with Crippen LogP contribution in [0.3, 0.4) is 0 Å². The lowest BCUT2D eigenvalue weighted by molar-refractivity contribution is 0.0993. The molecule has 0 aliphatic heterocycles. The Morgan fingerprint density at radius 2 is 1.93 bits per heavy atom. The van der Waals surface area contributed by atoms with Gasteiger partial charge in [0.05, 0.1) is 20.2 Å². The number of halogens is 3. The lowest BCUT2D eigenvalue weighted by atomic mass is 9.97. The van der Waals surface area contributed by atoms with E-state index in [0.717, 1.165) is 34.9 Å². The van der Waals surface area contributed by atoms with Crippen LogP contribution in [0.15, 0.2) is 30.6 Å². The molecule has 2 unspecified atom stereocenters. The summed E-state index contributed by atoms with van der Waals surface area (Å²) in [5.74, 6) is 0.365. The van der Waals surface area contributed by atoms with Gasteiger partial charge in [-0.1, -0.05) is 53.6 Å². The number of nitrogens with zero attached hydrogens (tertiary/aromatic N) is 3. The highest BCUT2D eigenvalue weighted by molar-refractivity contribution is 14.1. The van der Waals surface area contributed by atoms with E-state index >= 15 is 0 Å². The predicted octanol–water partition coefficient (Wildman–Crippen LogP) is 6.04. The van der Waals surface area contributed by atoms with Gasteiger partial charge in [-0.05, 0) is 60.6 Å². The Morgan fingerprint density at radius 3 is 2.52 bits per heavy atom. The third-order valence-electron chi connectivity index (χ3n) is 4.56. The van der Waals surface area contributed by atoms with Crippen molar-refractivity contribution in [3.63, 3.8) is 0 Å². The van der Waals surface area contributed by atoms with Gasteiger partial charge in [-0.2, -0.15) is 0 Å². The topological polar surface area (TPSA) is 76.0 Å². The number of aromatic nitrogens is 3. The van der Waals surface area contributed by atoms with Crippen molar-refractivity contribution in [3.05, 3.63) is 52.7 Å². The van der Waals surface area contributed by atoms with Crippen molar-refractivity contribution in [2.45, 2.75) is 41.1 Å². The zero-order valence-corrected chi connectivity index (χ0v) is 21.3. The number of ketones is 1. The number of fused-ring (bicyclic) bond motifs is 1. The van der Waals surface area contributed by atoms with Crippen molar-refractivity contribution >= 4 is 73.5 Å². The molecule has 1 N–H and O–H groups in total. The summed E-state index contributed by atoms with van der Waals surface area (Å²) in [6.45, 7) is 5.51. The molecule has 2 aromatic heterocycles. The number of alkyl halides is 2. The average Bonchev–Trinajstić information content (AvgIpc) is 2.68. The highest BCUT2D eigenvalue weighted by Gasteiger charge is 2.24. The van der Waals surface area contributed by atoms with Crippen LogP contribution in [0.1, 0.15) is 48.6 Å². The molecular weight excluding hydrogens is 616 g/mol. The standard InChI is InChI=1S/C21H20ClI2N3O2/c1-4-5-15(23)19(28)17-14-8-12(6-7-16(14)27-11(2)18(17)22)13-9-25-20(26-10-13)21(3,24)29/h6-10,15,29H,4-5H2,1-3H3. The smallest absolute Gasteiger partial charge is 0.177 e. The largest absolute Gasteiger partial charge is 0.373 e. The minimum atomic E-state index is -1.14. The molecule has 5 nitrogen and oxygen atoms in total. The van der Waals surface area contributed by atoms with E-state index in [1.54, 1.807) is 19.3 Å². The number of Topliss-reactive ketones (excluding diaryl/α,β-unsaturated/α-hetero) is 1. The van der Waals surface area contributed by atoms with Crippen LogP contribution in [0, 0.1) is 6.92 Å². The molecule has 0 spiro atoms. The molecule has 1 aromatic carbocycles. The number of carbonyl (C=O) groups is 1. The molecule has 0 radical (unpaired) electrons. The minimum absolute atomic E-state index is 0.0256. The summed E-state index contributed by atoms with van der Waals surface area (Å²) in [5.41, 5.74) is 3.54. The molecule has 0 bridgehead atoms. The summed E-state index contributed by atoms with van der Waals surface area (Å²) in [6.07, 6.45) is 5.05. The Labute approximate surface area is 202 Å². The molecule has 29 heavy (non-hydrogen) atoms. The summed E-state index contributed by atoms with van der Waals surface area (Å²) in [7, 11) is 0. The number of aliphatic hydroxyl groups is 1. The van der Waals surface area contributed by atoms with Gasteiger partial charge >= 0.3 is 0 Å². The Bertz CT molecular complexity index is 1070. The summed E-state index contributed by atoms with van der Waals surface area (Å²) >= 11 is 10.6. The molecule has 0 amide bonds. The van der Waals surface area contributed by atoms with Gasteiger partial charge in [0.1, 0.15) is 0 Å². The third kappa shape index (κ3) is 4.88. The van der Waals surface area contributed by atoms with Crippen LogP contribution in [-0.4, -0.2) is 29.8 Å². The summed E-state index contributed by atoms with van der Waals surface area (Å²) in [4.78, 5) is 26.2. The van der Waals surface area contributed by atoms with Gasteiger partial charge in [-0.3, -0.25) is 9.78 Å². The molecule has 2 heterocycles. The Balaban J connectivity index is 2.14. The third-order valence-corrected chi connectivity index (χ3v) is 6.69. The second-order valence-electron chi connectivity index (χ2n) is 6.99. The average molecular weight is 636 g/mol. The van der Waals surface area contributed by atoms with E-state index in [-0.39, 0.29) is 9.71 Å². The van der Waals surface area contributed by atoms with Crippen molar-refractivity contribution < 1.29 is 9.90 Å². The molecule has 0 aliphatic rings. The van der Waals surface area contributed by atoms with Gasteiger partial charge in [-0.25, -0.2) is 9.97 Å². The molecule has 0 saturated carbocycles. The van der Waals surface area contributed by atoms with E-state index in [2.05, 4.69) is 44.5 Å². The van der Waals surface area contributed by atoms with Crippen LogP contribution in [0.25, 0.3) is 22.0 Å². The van der Waals surface area contributed by atoms with Gasteiger partial charge in [0.2, 0.25) is 0 Å². The quantitative estimate of drug-likeness (QED) is 0.203. The minimum Gasteiger partial charge on any atom is -0.373 e. The van der Waals surface area contributed by atoms with Crippen LogP contribution in [-0.2, 0) is 3.61 Å². The van der Waals surface area contributed by atoms with E-state index in [1.165, 1.54) is 0 Å². The fraction of sp³-hybridized carbons (Fsp3) is 0.333. The number of aryl methyl sites for hydroxylation is 1. The number of rotatable bonds is 6. The van der Waals surface area contributed by atoms with Gasteiger partial charge < -0.3 is 5.11 Å². The van der Waals surface area contributed by atoms with E-state index in [4.69, 9.17) is 11.6 Å². The highest BCUT2D eigenvalue weighted by atomic mass is 127. The fourth-order valence-electron chi connectivity index (χ4n) is 3.04. The predicted molar refractivity (Wildman–Crippen MR) is 133 cm³/mol. The lowest BCUT2D eigenvalue weighted by Gasteiger charge is -2.15. The number of hydrogen-bond acceptors (Lipinski definition) is 5. The van der Waals surface area contributed by atoms with Crippen molar-refractivity contribution in [1.82, 2.24) is 15.0 Å². The van der Waals surface area contributed by atoms with Gasteiger partial charge in [0.15, 0.2) is 15.2 Å². The van der Waals surface area contributed by atoms with E-state index in [1.807, 2.05) is 47.7 Å². The van der Waals surface area contributed by atoms with E-state index in [9.17, 15) is 9.90 Å². The van der Waals surface area contributed by atoms with Crippen molar-refractivity contribution in [2.75, 3.05) is 0 Å². The van der Waals surface area contributed by atoms with Crippen LogP contribution in [0.2, 0.25) is 5.02 Å². The first-order valence-electron chi connectivity index (χ1n) is 9.15. The van der Waals surface area contributed by atoms with E-state index in [0.29, 0.717) is 22.1 Å². The van der Waals surface area contributed by atoms with Crippen molar-refractivity contribution in [1.29, 1.82) is 0 Å². The molecule has 0 saturated heterocycles. The molecule has 152 valence electrons. The zero-order valence-electron chi connectivity index (χ0n) is 16.2. The SMILES string of the molecule is CCCC(I)C(=O)c1c(Cl)c(C)nc2ccc(-c3cnc(C(C)(O)I)nc3)cc12. The van der Waals surface area contributed by atoms with Crippen LogP contribution >= 0.6 is 56.8 Å². The van der Waals surface area contributed by atoms with E-state index < -0.39 is 3.61 Å². The monoisotopic (exact) mass is 635 g/mol. The maximum atomic E-state index is 13.2. The van der Waals surface area contributed by atoms with Crippen molar-refractivity contribution in [3.8, 4) is 11.1 Å². The molecular formula is C21H20ClI2N3O2. The summed E-state index contributed by atoms with van der Waals surface area (Å²) < 4.78 is -1.28. The van der Waals surface area contributed by atoms with Crippen LogP contribution in [0.5, 0.6) is 0 Å². The first-order valence-corrected chi connectivity index (χ1v) is 11.9. The summed E-state index contributed by atoms with van der Waals surface area (Å²) in [5, 5.41) is 11.2. The van der Waals surface area contributed by atoms with Crippen LogP contribution in [0.4, 0.5) is 0 Å². The lowest BCUT2D eigenvalue weighted by Crippen LogP contribution is -2.16. The maximum absolute atomic E-state index is 13.2. The highest BCUT2D eigenvalue weighted by Crippen LogP contribution is 2.33. The molecule has 3 aromatic rings. The Kier molecular flexibility index (Phi) is 7.12. The second kappa shape index (κ2) is 9.07. The number of hydrogen-bond donors (Lipinski definition) is 1. The normalized spacial score (nSPS) is 14.6. The summed E-state index contributed by atoms with van der Waals surface area (Å²) in [6, 6.07) is 5.72.